The molecule has 3 heterocycles. The van der Waals surface area contributed by atoms with E-state index in [4.69, 9.17) is 0 Å². The lowest BCUT2D eigenvalue weighted by molar-refractivity contribution is -0.121. The number of aryl methyl sites for hydroxylation is 2. The van der Waals surface area contributed by atoms with Crippen LogP contribution in [0.15, 0.2) is 41.4 Å². The number of nitrogens with one attached hydrogen (secondary N) is 1. The van der Waals surface area contributed by atoms with Crippen molar-refractivity contribution >= 4 is 32.8 Å². The van der Waals surface area contributed by atoms with Gasteiger partial charge in [0.15, 0.2) is 0 Å². The predicted molar refractivity (Wildman–Crippen MR) is 127 cm³/mol. The largest absolute Gasteiger partial charge is 0.357 e. The molecule has 33 heavy (non-hydrogen) atoms. The topological polar surface area (TPSA) is 100 Å². The first kappa shape index (κ1) is 23.2. The molecule has 0 unspecified atom stereocenters. The van der Waals surface area contributed by atoms with Crippen molar-refractivity contribution in [1.29, 1.82) is 0 Å². The summed E-state index contributed by atoms with van der Waals surface area (Å²) in [5, 5.41) is 2.94. The van der Waals surface area contributed by atoms with Crippen LogP contribution < -0.4 is 10.2 Å². The number of sulfonamides is 1. The third kappa shape index (κ3) is 5.01. The fourth-order valence-corrected chi connectivity index (χ4v) is 4.92. The quantitative estimate of drug-likeness (QED) is 0.541. The predicted octanol–water partition coefficient (Wildman–Crippen LogP) is 2.07. The Morgan fingerprint density at radius 1 is 1.15 bits per heavy atom. The number of pyridine rings is 1. The summed E-state index contributed by atoms with van der Waals surface area (Å²) in [5.74, 6) is 1.66. The molecule has 0 aliphatic carbocycles. The third-order valence-corrected chi connectivity index (χ3v) is 7.84. The van der Waals surface area contributed by atoms with Gasteiger partial charge >= 0.3 is 0 Å². The van der Waals surface area contributed by atoms with Crippen LogP contribution in [0, 0.1) is 0 Å². The molecule has 10 heteroatoms. The standard InChI is InChI=1S/C23H30N6O3S/c1-27(2)33(31,32)18-7-8-20-19(14-18)26-22(28(20)3)10-11-23(30)25-16-17-6-9-21(24-15-17)29-12-4-5-13-29/h6-9,14-15H,4-5,10-13,16H2,1-3H3,(H,25,30). The Balaban J connectivity index is 1.35. The molecule has 1 aliphatic rings. The number of fused-ring (bicyclic) bond motifs is 1. The van der Waals surface area contributed by atoms with Crippen LogP contribution in [0.3, 0.4) is 0 Å². The average Bonchev–Trinajstić information content (AvgIpc) is 3.45. The lowest BCUT2D eigenvalue weighted by Crippen LogP contribution is -2.24. The second-order valence-electron chi connectivity index (χ2n) is 8.52. The van der Waals surface area contributed by atoms with Crippen LogP contribution in [0.25, 0.3) is 11.0 Å². The number of nitrogens with zero attached hydrogens (tertiary/aromatic N) is 5. The molecule has 3 aromatic rings. The van der Waals surface area contributed by atoms with Gasteiger partial charge in [0.1, 0.15) is 11.6 Å². The van der Waals surface area contributed by atoms with Crippen molar-refractivity contribution < 1.29 is 13.2 Å². The molecule has 176 valence electrons. The van der Waals surface area contributed by atoms with Crippen LogP contribution in [0.2, 0.25) is 0 Å². The number of rotatable bonds is 8. The van der Waals surface area contributed by atoms with Crippen molar-refractivity contribution in [1.82, 2.24) is 24.2 Å². The summed E-state index contributed by atoms with van der Waals surface area (Å²) in [7, 11) is 1.34. The lowest BCUT2D eigenvalue weighted by atomic mass is 10.2. The molecule has 1 fully saturated rings. The smallest absolute Gasteiger partial charge is 0.242 e. The van der Waals surface area contributed by atoms with Crippen LogP contribution in [-0.4, -0.2) is 60.4 Å². The average molecular weight is 471 g/mol. The number of hydrogen-bond donors (Lipinski definition) is 1. The normalized spacial score (nSPS) is 14.4. The molecule has 0 atom stereocenters. The maximum atomic E-state index is 12.4. The number of carbonyl (C=O) groups is 1. The highest BCUT2D eigenvalue weighted by Gasteiger charge is 2.19. The Morgan fingerprint density at radius 2 is 1.91 bits per heavy atom. The van der Waals surface area contributed by atoms with Crippen LogP contribution in [0.4, 0.5) is 5.82 Å². The van der Waals surface area contributed by atoms with Gasteiger partial charge in [-0.15, -0.1) is 0 Å². The SMILES string of the molecule is CN(C)S(=O)(=O)c1ccc2c(c1)nc(CCC(=O)NCc1ccc(N3CCCC3)nc1)n2C. The molecule has 2 aromatic heterocycles. The highest BCUT2D eigenvalue weighted by atomic mass is 32.2. The highest BCUT2D eigenvalue weighted by molar-refractivity contribution is 7.89. The van der Waals surface area contributed by atoms with Crippen molar-refractivity contribution in [2.24, 2.45) is 7.05 Å². The summed E-state index contributed by atoms with van der Waals surface area (Å²) < 4.78 is 27.9. The number of amides is 1. The fraction of sp³-hybridized carbons (Fsp3) is 0.435. The van der Waals surface area contributed by atoms with E-state index >= 15 is 0 Å². The summed E-state index contributed by atoms with van der Waals surface area (Å²) in [5.41, 5.74) is 2.39. The molecule has 0 spiro atoms. The maximum Gasteiger partial charge on any atom is 0.242 e. The van der Waals surface area contributed by atoms with E-state index in [1.165, 1.54) is 31.2 Å². The number of carbonyl (C=O) groups excluding carboxylic acids is 1. The number of aromatic nitrogens is 3. The van der Waals surface area contributed by atoms with Gasteiger partial charge in [0.05, 0.1) is 15.9 Å². The molecule has 0 radical (unpaired) electrons. The lowest BCUT2D eigenvalue weighted by Gasteiger charge is -2.16. The first-order chi connectivity index (χ1) is 15.8. The molecular weight excluding hydrogens is 440 g/mol. The van der Waals surface area contributed by atoms with E-state index in [1.54, 1.807) is 18.2 Å². The summed E-state index contributed by atoms with van der Waals surface area (Å²) >= 11 is 0. The number of anilines is 1. The summed E-state index contributed by atoms with van der Waals surface area (Å²) in [6.45, 7) is 2.54. The van der Waals surface area contributed by atoms with Gasteiger partial charge in [0, 0.05) is 59.8 Å². The van der Waals surface area contributed by atoms with E-state index in [0.717, 1.165) is 35.8 Å². The van der Waals surface area contributed by atoms with E-state index in [0.29, 0.717) is 24.9 Å². The van der Waals surface area contributed by atoms with Crippen molar-refractivity contribution in [2.75, 3.05) is 32.1 Å². The molecule has 1 amide bonds. The van der Waals surface area contributed by atoms with Gasteiger partial charge in [-0.1, -0.05) is 6.07 Å². The molecule has 4 rings (SSSR count). The summed E-state index contributed by atoms with van der Waals surface area (Å²) in [6, 6.07) is 8.93. The van der Waals surface area contributed by atoms with Crippen molar-refractivity contribution in [3.8, 4) is 0 Å². The Labute approximate surface area is 194 Å². The number of imidazole rings is 1. The second-order valence-corrected chi connectivity index (χ2v) is 10.7. The minimum Gasteiger partial charge on any atom is -0.357 e. The molecule has 0 bridgehead atoms. The molecule has 1 aliphatic heterocycles. The van der Waals surface area contributed by atoms with Crippen LogP contribution in [0.5, 0.6) is 0 Å². The zero-order valence-electron chi connectivity index (χ0n) is 19.3. The zero-order chi connectivity index (χ0) is 23.6. The first-order valence-corrected chi connectivity index (χ1v) is 12.5. The van der Waals surface area contributed by atoms with Crippen LogP contribution in [0.1, 0.15) is 30.7 Å². The number of hydrogen-bond acceptors (Lipinski definition) is 6. The van der Waals surface area contributed by atoms with Gasteiger partial charge < -0.3 is 14.8 Å². The maximum absolute atomic E-state index is 12.4. The second kappa shape index (κ2) is 9.48. The van der Waals surface area contributed by atoms with Gasteiger partial charge in [-0.25, -0.2) is 22.7 Å². The van der Waals surface area contributed by atoms with E-state index in [9.17, 15) is 13.2 Å². The van der Waals surface area contributed by atoms with Gasteiger partial charge in [0.25, 0.3) is 0 Å². The monoisotopic (exact) mass is 470 g/mol. The molecule has 1 N–H and O–H groups in total. The summed E-state index contributed by atoms with van der Waals surface area (Å²) in [6.07, 6.45) is 4.99. The Kier molecular flexibility index (Phi) is 6.66. The minimum atomic E-state index is -3.53. The molecule has 1 aromatic carbocycles. The first-order valence-electron chi connectivity index (χ1n) is 11.1. The van der Waals surface area contributed by atoms with Gasteiger partial charge in [-0.05, 0) is 42.7 Å². The third-order valence-electron chi connectivity index (χ3n) is 6.03. The van der Waals surface area contributed by atoms with Crippen LogP contribution >= 0.6 is 0 Å². The van der Waals surface area contributed by atoms with Gasteiger partial charge in [-0.2, -0.15) is 0 Å². The molecular formula is C23H30N6O3S. The highest BCUT2D eigenvalue weighted by Crippen LogP contribution is 2.22. The van der Waals surface area contributed by atoms with Crippen molar-refractivity contribution in [3.05, 3.63) is 47.9 Å². The summed E-state index contributed by atoms with van der Waals surface area (Å²) in [4.78, 5) is 24.0. The van der Waals surface area contributed by atoms with E-state index in [1.807, 2.05) is 29.9 Å². The molecule has 1 saturated heterocycles. The Morgan fingerprint density at radius 3 is 2.58 bits per heavy atom. The van der Waals surface area contributed by atoms with Crippen molar-refractivity contribution in [2.45, 2.75) is 37.1 Å². The molecule has 0 saturated carbocycles. The van der Waals surface area contributed by atoms with E-state index in [2.05, 4.69) is 20.2 Å². The van der Waals surface area contributed by atoms with E-state index in [-0.39, 0.29) is 10.8 Å². The Bertz CT molecular complexity index is 1250. The minimum absolute atomic E-state index is 0.0680. The van der Waals surface area contributed by atoms with Crippen molar-refractivity contribution in [3.63, 3.8) is 0 Å². The fourth-order valence-electron chi connectivity index (χ4n) is 3.99. The van der Waals surface area contributed by atoms with Gasteiger partial charge in [-0.3, -0.25) is 4.79 Å². The van der Waals surface area contributed by atoms with Crippen LogP contribution in [-0.2, 0) is 34.8 Å². The zero-order valence-corrected chi connectivity index (χ0v) is 20.1. The van der Waals surface area contributed by atoms with E-state index < -0.39 is 10.0 Å². The Hall–Kier alpha value is -2.98. The van der Waals surface area contributed by atoms with Gasteiger partial charge in [0.2, 0.25) is 15.9 Å². The number of benzene rings is 1. The molecule has 9 nitrogen and oxygen atoms in total.